The van der Waals surface area contributed by atoms with Gasteiger partial charge < -0.3 is 5.73 Å². The molecular weight excluding hydrogens is 172 g/mol. The van der Waals surface area contributed by atoms with E-state index in [1.54, 1.807) is 0 Å². The Bertz CT molecular complexity index is 196. The molecule has 1 heterocycles. The van der Waals surface area contributed by atoms with Crippen LogP contribution in [0.1, 0.15) is 27.2 Å². The van der Waals surface area contributed by atoms with Crippen LogP contribution < -0.4 is 5.73 Å². The van der Waals surface area contributed by atoms with Gasteiger partial charge in [-0.1, -0.05) is 25.5 Å². The van der Waals surface area contributed by atoms with Crippen LogP contribution in [0.25, 0.3) is 0 Å². The van der Waals surface area contributed by atoms with Gasteiger partial charge in [-0.25, -0.2) is 0 Å². The molecule has 0 aromatic heterocycles. The van der Waals surface area contributed by atoms with Crippen LogP contribution in [0.5, 0.6) is 0 Å². The van der Waals surface area contributed by atoms with E-state index in [-0.39, 0.29) is 0 Å². The van der Waals surface area contributed by atoms with Gasteiger partial charge >= 0.3 is 0 Å². The van der Waals surface area contributed by atoms with E-state index in [0.717, 1.165) is 19.6 Å². The molecule has 0 bridgehead atoms. The molecular formula is C12H24N2. The molecule has 1 unspecified atom stereocenters. The number of hydrogen-bond acceptors (Lipinski definition) is 2. The van der Waals surface area contributed by atoms with Gasteiger partial charge in [-0.15, -0.1) is 0 Å². The van der Waals surface area contributed by atoms with Crippen molar-refractivity contribution in [1.82, 2.24) is 4.90 Å². The van der Waals surface area contributed by atoms with Crippen molar-refractivity contribution in [3.05, 3.63) is 11.6 Å². The van der Waals surface area contributed by atoms with E-state index in [1.165, 1.54) is 18.5 Å². The van der Waals surface area contributed by atoms with Crippen LogP contribution in [-0.2, 0) is 0 Å². The number of hydrogen-bond donors (Lipinski definition) is 1. The van der Waals surface area contributed by atoms with Gasteiger partial charge in [-0.3, -0.25) is 4.90 Å². The molecule has 0 amide bonds. The molecule has 0 saturated heterocycles. The molecule has 1 atom stereocenters. The van der Waals surface area contributed by atoms with E-state index in [2.05, 4.69) is 31.7 Å². The quantitative estimate of drug-likeness (QED) is 0.696. The Balaban J connectivity index is 2.37. The summed E-state index contributed by atoms with van der Waals surface area (Å²) in [4.78, 5) is 2.52. The first-order chi connectivity index (χ1) is 6.63. The lowest BCUT2D eigenvalue weighted by atomic mass is 9.95. The molecule has 2 N–H and O–H groups in total. The average molecular weight is 196 g/mol. The summed E-state index contributed by atoms with van der Waals surface area (Å²) in [5.41, 5.74) is 7.31. The molecule has 2 heteroatoms. The zero-order chi connectivity index (χ0) is 10.6. The van der Waals surface area contributed by atoms with Gasteiger partial charge in [0.1, 0.15) is 0 Å². The molecule has 0 aromatic carbocycles. The first-order valence-electron chi connectivity index (χ1n) is 5.71. The third kappa shape index (κ3) is 3.43. The standard InChI is InChI=1S/C12H24N2/c1-10(2)12(8-13)9-14-6-4-11(3)5-7-14/h4,10,12H,5-9,13H2,1-3H3. The predicted molar refractivity (Wildman–Crippen MR) is 62.2 cm³/mol. The van der Waals surface area contributed by atoms with Crippen molar-refractivity contribution in [2.75, 3.05) is 26.2 Å². The van der Waals surface area contributed by atoms with Crippen molar-refractivity contribution in [1.29, 1.82) is 0 Å². The highest BCUT2D eigenvalue weighted by molar-refractivity contribution is 5.03. The summed E-state index contributed by atoms with van der Waals surface area (Å²) in [5, 5.41) is 0. The summed E-state index contributed by atoms with van der Waals surface area (Å²) in [6, 6.07) is 0. The minimum absolute atomic E-state index is 0.654. The lowest BCUT2D eigenvalue weighted by Crippen LogP contribution is -2.37. The predicted octanol–water partition coefficient (Wildman–Crippen LogP) is 1.87. The zero-order valence-corrected chi connectivity index (χ0v) is 9.79. The van der Waals surface area contributed by atoms with Gasteiger partial charge in [0.15, 0.2) is 0 Å². The molecule has 0 saturated carbocycles. The fraction of sp³-hybridized carbons (Fsp3) is 0.833. The Labute approximate surface area is 88.2 Å². The smallest absolute Gasteiger partial charge is 0.0165 e. The van der Waals surface area contributed by atoms with Gasteiger partial charge in [-0.05, 0) is 31.7 Å². The fourth-order valence-electron chi connectivity index (χ4n) is 1.87. The monoisotopic (exact) mass is 196 g/mol. The Hall–Kier alpha value is -0.340. The highest BCUT2D eigenvalue weighted by Crippen LogP contribution is 2.15. The van der Waals surface area contributed by atoms with Gasteiger partial charge in [0.25, 0.3) is 0 Å². The third-order valence-corrected chi connectivity index (χ3v) is 3.26. The first kappa shape index (κ1) is 11.7. The molecule has 0 radical (unpaired) electrons. The number of nitrogens with zero attached hydrogens (tertiary/aromatic N) is 1. The molecule has 14 heavy (non-hydrogen) atoms. The van der Waals surface area contributed by atoms with Crippen LogP contribution in [0, 0.1) is 11.8 Å². The fourth-order valence-corrected chi connectivity index (χ4v) is 1.87. The van der Waals surface area contributed by atoms with Crippen LogP contribution in [0.15, 0.2) is 11.6 Å². The van der Waals surface area contributed by atoms with Gasteiger partial charge in [0.05, 0.1) is 0 Å². The maximum Gasteiger partial charge on any atom is 0.0165 e. The number of rotatable bonds is 4. The lowest BCUT2D eigenvalue weighted by molar-refractivity contribution is 0.217. The van der Waals surface area contributed by atoms with Crippen LogP contribution in [0.2, 0.25) is 0 Å². The molecule has 1 rings (SSSR count). The average Bonchev–Trinajstić information content (AvgIpc) is 2.16. The molecule has 0 fully saturated rings. The Morgan fingerprint density at radius 3 is 2.64 bits per heavy atom. The Morgan fingerprint density at radius 2 is 2.21 bits per heavy atom. The largest absolute Gasteiger partial charge is 0.330 e. The second-order valence-corrected chi connectivity index (χ2v) is 4.80. The van der Waals surface area contributed by atoms with Crippen LogP contribution in [0.4, 0.5) is 0 Å². The minimum atomic E-state index is 0.654. The zero-order valence-electron chi connectivity index (χ0n) is 9.79. The van der Waals surface area contributed by atoms with Crippen LogP contribution in [-0.4, -0.2) is 31.1 Å². The highest BCUT2D eigenvalue weighted by Gasteiger charge is 2.17. The van der Waals surface area contributed by atoms with Gasteiger partial charge in [0, 0.05) is 19.6 Å². The summed E-state index contributed by atoms with van der Waals surface area (Å²) >= 11 is 0. The topological polar surface area (TPSA) is 29.3 Å². The second-order valence-electron chi connectivity index (χ2n) is 4.80. The molecule has 2 nitrogen and oxygen atoms in total. The first-order valence-corrected chi connectivity index (χ1v) is 5.71. The lowest BCUT2D eigenvalue weighted by Gasteiger charge is -2.30. The summed E-state index contributed by atoms with van der Waals surface area (Å²) in [7, 11) is 0. The van der Waals surface area contributed by atoms with E-state index < -0.39 is 0 Å². The van der Waals surface area contributed by atoms with Crippen LogP contribution >= 0.6 is 0 Å². The van der Waals surface area contributed by atoms with Gasteiger partial charge in [-0.2, -0.15) is 0 Å². The van der Waals surface area contributed by atoms with Crippen molar-refractivity contribution in [3.63, 3.8) is 0 Å². The molecule has 0 spiro atoms. The highest BCUT2D eigenvalue weighted by atomic mass is 15.1. The molecule has 0 aliphatic carbocycles. The van der Waals surface area contributed by atoms with Crippen molar-refractivity contribution in [2.24, 2.45) is 17.6 Å². The minimum Gasteiger partial charge on any atom is -0.330 e. The second kappa shape index (κ2) is 5.52. The van der Waals surface area contributed by atoms with E-state index in [1.807, 2.05) is 0 Å². The summed E-state index contributed by atoms with van der Waals surface area (Å²) in [5.74, 6) is 1.36. The molecule has 1 aliphatic heterocycles. The van der Waals surface area contributed by atoms with Crippen molar-refractivity contribution in [3.8, 4) is 0 Å². The molecule has 1 aliphatic rings. The maximum atomic E-state index is 5.78. The van der Waals surface area contributed by atoms with Crippen LogP contribution in [0.3, 0.4) is 0 Å². The van der Waals surface area contributed by atoms with Crippen molar-refractivity contribution in [2.45, 2.75) is 27.2 Å². The van der Waals surface area contributed by atoms with E-state index in [9.17, 15) is 0 Å². The third-order valence-electron chi connectivity index (χ3n) is 3.26. The summed E-state index contributed by atoms with van der Waals surface area (Å²) in [6.07, 6.45) is 3.58. The molecule has 82 valence electrons. The van der Waals surface area contributed by atoms with Gasteiger partial charge in [0.2, 0.25) is 0 Å². The number of nitrogens with two attached hydrogens (primary N) is 1. The molecule has 0 aromatic rings. The summed E-state index contributed by atoms with van der Waals surface area (Å²) in [6.45, 7) is 11.1. The normalized spacial score (nSPS) is 21.1. The Kier molecular flexibility index (Phi) is 4.63. The van der Waals surface area contributed by atoms with E-state index in [4.69, 9.17) is 5.73 Å². The van der Waals surface area contributed by atoms with E-state index >= 15 is 0 Å². The maximum absolute atomic E-state index is 5.78. The van der Waals surface area contributed by atoms with Crippen molar-refractivity contribution < 1.29 is 0 Å². The Morgan fingerprint density at radius 1 is 1.50 bits per heavy atom. The van der Waals surface area contributed by atoms with Crippen molar-refractivity contribution >= 4 is 0 Å². The van der Waals surface area contributed by atoms with E-state index in [0.29, 0.717) is 11.8 Å². The SMILES string of the molecule is CC1=CCN(CC(CN)C(C)C)CC1. The summed E-state index contributed by atoms with van der Waals surface area (Å²) < 4.78 is 0.